The Morgan fingerprint density at radius 3 is 2.65 bits per heavy atom. The number of fused-ring (bicyclic) bond motifs is 1. The normalized spacial score (nSPS) is 10.9. The number of hydrogen-bond donors (Lipinski definition) is 1. The Morgan fingerprint density at radius 2 is 1.95 bits per heavy atom. The minimum atomic E-state index is 0.587. The lowest BCUT2D eigenvalue weighted by Gasteiger charge is -2.05. The highest BCUT2D eigenvalue weighted by Gasteiger charge is 2.08. The van der Waals surface area contributed by atoms with E-state index in [1.54, 1.807) is 7.11 Å². The molecule has 0 bridgehead atoms. The highest BCUT2D eigenvalue weighted by Crippen LogP contribution is 2.18. The van der Waals surface area contributed by atoms with Crippen molar-refractivity contribution in [2.24, 2.45) is 0 Å². The molecule has 0 spiro atoms. The Balaban J connectivity index is 2.08. The van der Waals surface area contributed by atoms with Gasteiger partial charge in [0.2, 0.25) is 5.88 Å². The number of imidazole rings is 1. The number of benzene rings is 1. The number of rotatable bonds is 3. The van der Waals surface area contributed by atoms with Gasteiger partial charge in [0.15, 0.2) is 10.4 Å². The van der Waals surface area contributed by atoms with E-state index in [0.29, 0.717) is 17.2 Å². The van der Waals surface area contributed by atoms with Crippen molar-refractivity contribution in [1.82, 2.24) is 14.5 Å². The predicted octanol–water partition coefficient (Wildman–Crippen LogP) is 3.46. The number of pyridine rings is 1. The van der Waals surface area contributed by atoms with Crippen LogP contribution in [0.15, 0.2) is 36.4 Å². The molecule has 2 heterocycles. The second kappa shape index (κ2) is 5.09. The van der Waals surface area contributed by atoms with Crippen LogP contribution in [0, 0.1) is 11.7 Å². The monoisotopic (exact) mass is 285 g/mol. The molecule has 0 atom stereocenters. The van der Waals surface area contributed by atoms with Crippen LogP contribution >= 0.6 is 12.2 Å². The van der Waals surface area contributed by atoms with Crippen molar-refractivity contribution < 1.29 is 4.74 Å². The molecule has 20 heavy (non-hydrogen) atoms. The summed E-state index contributed by atoms with van der Waals surface area (Å²) in [5, 5.41) is 0. The average Bonchev–Trinajstić information content (AvgIpc) is 2.77. The van der Waals surface area contributed by atoms with Crippen molar-refractivity contribution in [3.05, 3.63) is 52.3 Å². The fraction of sp³-hybridized carbons (Fsp3) is 0.200. The standard InChI is InChI=1S/C15H15N3OS/c1-10-3-5-11(6-4-10)9-18-14-12(16-15(18)20)7-8-13(17-14)19-2/h3-8H,9H2,1-2H3,(H,16,20). The molecule has 0 unspecified atom stereocenters. The number of aryl methyl sites for hydroxylation is 1. The Bertz CT molecular complexity index is 802. The third kappa shape index (κ3) is 2.32. The molecule has 5 heteroatoms. The zero-order chi connectivity index (χ0) is 14.1. The zero-order valence-electron chi connectivity index (χ0n) is 11.4. The molecular weight excluding hydrogens is 270 g/mol. The number of H-pyrrole nitrogens is 1. The van der Waals surface area contributed by atoms with Crippen molar-refractivity contribution in [3.63, 3.8) is 0 Å². The molecular formula is C15H15N3OS. The van der Waals surface area contributed by atoms with E-state index >= 15 is 0 Å². The molecule has 0 fully saturated rings. The van der Waals surface area contributed by atoms with Crippen LogP contribution in [-0.4, -0.2) is 21.6 Å². The van der Waals surface area contributed by atoms with Gasteiger partial charge in [-0.1, -0.05) is 29.8 Å². The van der Waals surface area contributed by atoms with Gasteiger partial charge in [0.05, 0.1) is 19.2 Å². The number of aromatic amines is 1. The number of ether oxygens (including phenoxy) is 1. The summed E-state index contributed by atoms with van der Waals surface area (Å²) in [5.41, 5.74) is 4.17. The van der Waals surface area contributed by atoms with E-state index in [9.17, 15) is 0 Å². The Hall–Kier alpha value is -2.14. The lowest BCUT2D eigenvalue weighted by molar-refractivity contribution is 0.399. The third-order valence-corrected chi connectivity index (χ3v) is 3.58. The fourth-order valence-corrected chi connectivity index (χ4v) is 2.41. The summed E-state index contributed by atoms with van der Waals surface area (Å²) in [5.74, 6) is 0.587. The van der Waals surface area contributed by atoms with E-state index in [-0.39, 0.29) is 0 Å². The second-order valence-electron chi connectivity index (χ2n) is 4.73. The SMILES string of the molecule is COc1ccc2[nH]c(=S)n(Cc3ccc(C)cc3)c2n1. The molecule has 2 aromatic heterocycles. The summed E-state index contributed by atoms with van der Waals surface area (Å²) in [7, 11) is 1.61. The van der Waals surface area contributed by atoms with E-state index in [2.05, 4.69) is 41.2 Å². The Kier molecular flexibility index (Phi) is 3.28. The van der Waals surface area contributed by atoms with Crippen LogP contribution in [0.5, 0.6) is 5.88 Å². The lowest BCUT2D eigenvalue weighted by Crippen LogP contribution is -2.01. The van der Waals surface area contributed by atoms with E-state index in [1.807, 2.05) is 16.7 Å². The minimum absolute atomic E-state index is 0.587. The number of hydrogen-bond acceptors (Lipinski definition) is 3. The molecule has 0 amide bonds. The van der Waals surface area contributed by atoms with E-state index in [4.69, 9.17) is 17.0 Å². The van der Waals surface area contributed by atoms with Gasteiger partial charge in [-0.05, 0) is 30.8 Å². The predicted molar refractivity (Wildman–Crippen MR) is 81.8 cm³/mol. The molecule has 4 nitrogen and oxygen atoms in total. The van der Waals surface area contributed by atoms with Crippen molar-refractivity contribution in [3.8, 4) is 5.88 Å². The quantitative estimate of drug-likeness (QED) is 0.749. The van der Waals surface area contributed by atoms with E-state index in [1.165, 1.54) is 11.1 Å². The van der Waals surface area contributed by atoms with Gasteiger partial charge in [0.25, 0.3) is 0 Å². The Labute approximate surface area is 122 Å². The second-order valence-corrected chi connectivity index (χ2v) is 5.11. The maximum absolute atomic E-state index is 5.38. The molecule has 1 aromatic carbocycles. The fourth-order valence-electron chi connectivity index (χ4n) is 2.15. The van der Waals surface area contributed by atoms with Crippen LogP contribution in [-0.2, 0) is 6.54 Å². The molecule has 0 aliphatic rings. The molecule has 3 rings (SSSR count). The molecule has 0 saturated heterocycles. The van der Waals surface area contributed by atoms with Crippen molar-refractivity contribution in [2.75, 3.05) is 7.11 Å². The summed E-state index contributed by atoms with van der Waals surface area (Å²) in [6, 6.07) is 12.2. The van der Waals surface area contributed by atoms with Crippen LogP contribution in [0.4, 0.5) is 0 Å². The average molecular weight is 285 g/mol. The molecule has 0 radical (unpaired) electrons. The third-order valence-electron chi connectivity index (χ3n) is 3.26. The largest absolute Gasteiger partial charge is 0.481 e. The van der Waals surface area contributed by atoms with Crippen LogP contribution in [0.25, 0.3) is 11.2 Å². The summed E-state index contributed by atoms with van der Waals surface area (Å²) in [4.78, 5) is 7.64. The van der Waals surface area contributed by atoms with Gasteiger partial charge in [0, 0.05) is 6.07 Å². The first-order valence-electron chi connectivity index (χ1n) is 6.36. The molecule has 1 N–H and O–H groups in total. The smallest absolute Gasteiger partial charge is 0.215 e. The van der Waals surface area contributed by atoms with Crippen LogP contribution in [0.3, 0.4) is 0 Å². The zero-order valence-corrected chi connectivity index (χ0v) is 12.2. The van der Waals surface area contributed by atoms with E-state index in [0.717, 1.165) is 11.2 Å². The van der Waals surface area contributed by atoms with E-state index < -0.39 is 0 Å². The first-order chi connectivity index (χ1) is 9.67. The maximum Gasteiger partial charge on any atom is 0.215 e. The molecule has 3 aromatic rings. The van der Waals surface area contributed by atoms with Crippen LogP contribution < -0.4 is 4.74 Å². The minimum Gasteiger partial charge on any atom is -0.481 e. The van der Waals surface area contributed by atoms with Gasteiger partial charge >= 0.3 is 0 Å². The lowest BCUT2D eigenvalue weighted by atomic mass is 10.1. The van der Waals surface area contributed by atoms with Gasteiger partial charge in [-0.2, -0.15) is 4.98 Å². The molecule has 0 aliphatic heterocycles. The van der Waals surface area contributed by atoms with Crippen LogP contribution in [0.1, 0.15) is 11.1 Å². The van der Waals surface area contributed by atoms with Gasteiger partial charge in [0.1, 0.15) is 0 Å². The molecule has 0 aliphatic carbocycles. The van der Waals surface area contributed by atoms with Gasteiger partial charge in [-0.25, -0.2) is 0 Å². The summed E-state index contributed by atoms with van der Waals surface area (Å²) < 4.78 is 7.83. The highest BCUT2D eigenvalue weighted by molar-refractivity contribution is 7.71. The first kappa shape index (κ1) is 12.9. The van der Waals surface area contributed by atoms with Crippen molar-refractivity contribution in [1.29, 1.82) is 0 Å². The Morgan fingerprint density at radius 1 is 1.20 bits per heavy atom. The van der Waals surface area contributed by atoms with Crippen molar-refractivity contribution in [2.45, 2.75) is 13.5 Å². The summed E-state index contributed by atoms with van der Waals surface area (Å²) in [6.07, 6.45) is 0. The molecule has 0 saturated carbocycles. The number of nitrogens with zero attached hydrogens (tertiary/aromatic N) is 2. The maximum atomic E-state index is 5.38. The topological polar surface area (TPSA) is 42.8 Å². The van der Waals surface area contributed by atoms with Gasteiger partial charge in [-0.3, -0.25) is 4.57 Å². The summed E-state index contributed by atoms with van der Waals surface area (Å²) >= 11 is 5.38. The highest BCUT2D eigenvalue weighted by atomic mass is 32.1. The number of nitrogens with one attached hydrogen (secondary N) is 1. The van der Waals surface area contributed by atoms with Crippen LogP contribution in [0.2, 0.25) is 0 Å². The van der Waals surface area contributed by atoms with Gasteiger partial charge < -0.3 is 9.72 Å². The summed E-state index contributed by atoms with van der Waals surface area (Å²) in [6.45, 7) is 2.77. The number of methoxy groups -OCH3 is 1. The first-order valence-corrected chi connectivity index (χ1v) is 6.77. The molecule has 102 valence electrons. The van der Waals surface area contributed by atoms with Crippen molar-refractivity contribution >= 4 is 23.4 Å². The van der Waals surface area contributed by atoms with Gasteiger partial charge in [-0.15, -0.1) is 0 Å². The number of aromatic nitrogens is 3.